The molecule has 0 spiro atoms. The molecule has 1 aromatic heterocycles. The minimum atomic E-state index is 0.174. The van der Waals surface area contributed by atoms with Gasteiger partial charge >= 0.3 is 0 Å². The van der Waals surface area contributed by atoms with Gasteiger partial charge < -0.3 is 10.8 Å². The van der Waals surface area contributed by atoms with Gasteiger partial charge in [-0.2, -0.15) is 0 Å². The number of phenols is 1. The Balaban J connectivity index is 2.89. The van der Waals surface area contributed by atoms with Crippen LogP contribution in [0.4, 0.5) is 5.69 Å². The summed E-state index contributed by atoms with van der Waals surface area (Å²) >= 11 is 0. The van der Waals surface area contributed by atoms with Gasteiger partial charge in [-0.05, 0) is 12.1 Å². The molecule has 0 atom stereocenters. The molecule has 0 unspecified atom stereocenters. The Kier molecular flexibility index (Phi) is 1.37. The molecule has 2 rings (SSSR count). The van der Waals surface area contributed by atoms with Crippen molar-refractivity contribution in [2.45, 2.75) is 0 Å². The van der Waals surface area contributed by atoms with Crippen LogP contribution in [-0.2, 0) is 0 Å². The number of aromatic nitrogens is 1. The number of anilines is 1. The van der Waals surface area contributed by atoms with E-state index in [2.05, 4.69) is 4.98 Å². The molecule has 0 saturated carbocycles. The first-order valence-corrected chi connectivity index (χ1v) is 3.59. The standard InChI is InChI=1S/C9H8N2O/c10-9-4-7(12)3-6-5-11-2-1-8(6)9/h1-5,12H,10H2. The number of nitrogens with two attached hydrogens (primary N) is 1. The van der Waals surface area contributed by atoms with E-state index in [1.54, 1.807) is 18.5 Å². The Morgan fingerprint density at radius 3 is 3.00 bits per heavy atom. The molecule has 2 aromatic rings. The minimum Gasteiger partial charge on any atom is -0.508 e. The highest BCUT2D eigenvalue weighted by molar-refractivity contribution is 5.93. The fourth-order valence-electron chi connectivity index (χ4n) is 1.22. The predicted molar refractivity (Wildman–Crippen MR) is 47.8 cm³/mol. The van der Waals surface area contributed by atoms with E-state index in [1.165, 1.54) is 6.07 Å². The lowest BCUT2D eigenvalue weighted by atomic mass is 10.1. The molecule has 0 amide bonds. The average molecular weight is 160 g/mol. The number of rotatable bonds is 0. The van der Waals surface area contributed by atoms with Crippen molar-refractivity contribution in [2.75, 3.05) is 5.73 Å². The largest absolute Gasteiger partial charge is 0.508 e. The van der Waals surface area contributed by atoms with Crippen LogP contribution in [-0.4, -0.2) is 10.1 Å². The first-order chi connectivity index (χ1) is 5.77. The van der Waals surface area contributed by atoms with Gasteiger partial charge in [0.25, 0.3) is 0 Å². The molecule has 1 aromatic carbocycles. The van der Waals surface area contributed by atoms with Gasteiger partial charge in [-0.3, -0.25) is 4.98 Å². The Hall–Kier alpha value is -1.77. The van der Waals surface area contributed by atoms with E-state index >= 15 is 0 Å². The maximum Gasteiger partial charge on any atom is 0.118 e. The number of nitrogens with zero attached hydrogens (tertiary/aromatic N) is 1. The van der Waals surface area contributed by atoms with Gasteiger partial charge in [0.2, 0.25) is 0 Å². The van der Waals surface area contributed by atoms with Crippen LogP contribution >= 0.6 is 0 Å². The summed E-state index contributed by atoms with van der Waals surface area (Å²) in [6, 6.07) is 4.99. The molecular formula is C9H8N2O. The summed E-state index contributed by atoms with van der Waals surface area (Å²) in [5, 5.41) is 11.0. The number of aromatic hydroxyl groups is 1. The van der Waals surface area contributed by atoms with Crippen LogP contribution in [0, 0.1) is 0 Å². The normalized spacial score (nSPS) is 10.3. The second-order valence-corrected chi connectivity index (χ2v) is 2.63. The van der Waals surface area contributed by atoms with Gasteiger partial charge in [0.15, 0.2) is 0 Å². The first-order valence-electron chi connectivity index (χ1n) is 3.59. The molecule has 1 heterocycles. The minimum absolute atomic E-state index is 0.174. The summed E-state index contributed by atoms with van der Waals surface area (Å²) in [4.78, 5) is 3.93. The summed E-state index contributed by atoms with van der Waals surface area (Å²) in [6.07, 6.45) is 3.35. The molecular weight excluding hydrogens is 152 g/mol. The van der Waals surface area contributed by atoms with Crippen molar-refractivity contribution in [2.24, 2.45) is 0 Å². The highest BCUT2D eigenvalue weighted by atomic mass is 16.3. The zero-order valence-corrected chi connectivity index (χ0v) is 6.36. The lowest BCUT2D eigenvalue weighted by Gasteiger charge is -2.01. The van der Waals surface area contributed by atoms with Gasteiger partial charge in [-0.1, -0.05) is 0 Å². The molecule has 3 heteroatoms. The lowest BCUT2D eigenvalue weighted by Crippen LogP contribution is -1.86. The van der Waals surface area contributed by atoms with E-state index in [1.807, 2.05) is 6.07 Å². The fraction of sp³-hybridized carbons (Fsp3) is 0. The number of phenolic OH excluding ortho intramolecular Hbond substituents is 1. The van der Waals surface area contributed by atoms with Gasteiger partial charge in [-0.25, -0.2) is 0 Å². The second-order valence-electron chi connectivity index (χ2n) is 2.63. The number of benzene rings is 1. The van der Waals surface area contributed by atoms with E-state index < -0.39 is 0 Å². The predicted octanol–water partition coefficient (Wildman–Crippen LogP) is 1.52. The van der Waals surface area contributed by atoms with Crippen LogP contribution in [0.3, 0.4) is 0 Å². The number of hydrogen-bond donors (Lipinski definition) is 2. The maximum atomic E-state index is 9.20. The van der Waals surface area contributed by atoms with Crippen LogP contribution in [0.25, 0.3) is 10.8 Å². The third kappa shape index (κ3) is 0.955. The summed E-state index contributed by atoms with van der Waals surface area (Å²) in [5.74, 6) is 0.174. The molecule has 60 valence electrons. The smallest absolute Gasteiger partial charge is 0.118 e. The molecule has 0 aliphatic carbocycles. The van der Waals surface area contributed by atoms with Crippen molar-refractivity contribution >= 4 is 16.5 Å². The number of hydrogen-bond acceptors (Lipinski definition) is 3. The Morgan fingerprint density at radius 1 is 1.33 bits per heavy atom. The van der Waals surface area contributed by atoms with E-state index in [0.717, 1.165) is 10.8 Å². The van der Waals surface area contributed by atoms with Gasteiger partial charge in [0, 0.05) is 34.9 Å². The van der Waals surface area contributed by atoms with Gasteiger partial charge in [0.1, 0.15) is 5.75 Å². The third-order valence-electron chi connectivity index (χ3n) is 1.77. The molecule has 0 aliphatic heterocycles. The van der Waals surface area contributed by atoms with Crippen LogP contribution in [0.5, 0.6) is 5.75 Å². The van der Waals surface area contributed by atoms with E-state index in [-0.39, 0.29) is 5.75 Å². The van der Waals surface area contributed by atoms with Gasteiger partial charge in [-0.15, -0.1) is 0 Å². The van der Waals surface area contributed by atoms with E-state index in [0.29, 0.717) is 5.69 Å². The quantitative estimate of drug-likeness (QED) is 0.574. The fourth-order valence-corrected chi connectivity index (χ4v) is 1.22. The lowest BCUT2D eigenvalue weighted by molar-refractivity contribution is 0.476. The molecule has 0 fully saturated rings. The van der Waals surface area contributed by atoms with E-state index in [4.69, 9.17) is 5.73 Å². The summed E-state index contributed by atoms with van der Waals surface area (Å²) in [7, 11) is 0. The molecule has 0 aliphatic rings. The van der Waals surface area contributed by atoms with E-state index in [9.17, 15) is 5.11 Å². The van der Waals surface area contributed by atoms with Crippen molar-refractivity contribution in [1.82, 2.24) is 4.98 Å². The van der Waals surface area contributed by atoms with Gasteiger partial charge in [0.05, 0.1) is 0 Å². The molecule has 3 N–H and O–H groups in total. The summed E-state index contributed by atoms with van der Waals surface area (Å²) < 4.78 is 0. The highest BCUT2D eigenvalue weighted by Gasteiger charge is 1.98. The van der Waals surface area contributed by atoms with Crippen LogP contribution < -0.4 is 5.73 Å². The SMILES string of the molecule is Nc1cc(O)cc2cnccc12. The number of pyridine rings is 1. The van der Waals surface area contributed by atoms with Crippen LogP contribution in [0.1, 0.15) is 0 Å². The first kappa shape index (κ1) is 6.91. The molecule has 0 radical (unpaired) electrons. The molecule has 0 saturated heterocycles. The Morgan fingerprint density at radius 2 is 2.17 bits per heavy atom. The highest BCUT2D eigenvalue weighted by Crippen LogP contribution is 2.25. The van der Waals surface area contributed by atoms with Crippen molar-refractivity contribution < 1.29 is 5.11 Å². The Labute approximate surface area is 69.5 Å². The van der Waals surface area contributed by atoms with Crippen molar-refractivity contribution in [3.63, 3.8) is 0 Å². The van der Waals surface area contributed by atoms with Crippen LogP contribution in [0.2, 0.25) is 0 Å². The molecule has 3 nitrogen and oxygen atoms in total. The molecule has 0 bridgehead atoms. The summed E-state index contributed by atoms with van der Waals surface area (Å²) in [6.45, 7) is 0. The van der Waals surface area contributed by atoms with Crippen LogP contribution in [0.15, 0.2) is 30.6 Å². The monoisotopic (exact) mass is 160 g/mol. The summed E-state index contributed by atoms with van der Waals surface area (Å²) in [5.41, 5.74) is 6.25. The molecule has 12 heavy (non-hydrogen) atoms. The zero-order chi connectivity index (χ0) is 8.55. The third-order valence-corrected chi connectivity index (χ3v) is 1.77. The number of nitrogen functional groups attached to an aromatic ring is 1. The topological polar surface area (TPSA) is 59.1 Å². The second kappa shape index (κ2) is 2.37. The van der Waals surface area contributed by atoms with Crippen molar-refractivity contribution in [3.05, 3.63) is 30.6 Å². The average Bonchev–Trinajstić information content (AvgIpc) is 2.04. The van der Waals surface area contributed by atoms with Crippen molar-refractivity contribution in [1.29, 1.82) is 0 Å². The maximum absolute atomic E-state index is 9.20. The zero-order valence-electron chi connectivity index (χ0n) is 6.36. The number of fused-ring (bicyclic) bond motifs is 1. The Bertz CT molecular complexity index is 426. The van der Waals surface area contributed by atoms with Crippen molar-refractivity contribution in [3.8, 4) is 5.75 Å².